The quantitative estimate of drug-likeness (QED) is 0.150. The number of nitrogens with one attached hydrogen (secondary N) is 4. The molecule has 228 valence electrons. The molecule has 2 aromatic carbocycles. The van der Waals surface area contributed by atoms with Crippen molar-refractivity contribution in [3.8, 4) is 5.75 Å². The summed E-state index contributed by atoms with van der Waals surface area (Å²) in [5.74, 6) is -0.666. The van der Waals surface area contributed by atoms with Crippen LogP contribution in [0.1, 0.15) is 37.8 Å². The highest BCUT2D eigenvalue weighted by atomic mass is 127. The third-order valence-corrected chi connectivity index (χ3v) is 7.55. The van der Waals surface area contributed by atoms with Crippen LogP contribution >= 0.6 is 22.6 Å². The number of guanidine groups is 1. The zero-order valence-electron chi connectivity index (χ0n) is 24.2. The summed E-state index contributed by atoms with van der Waals surface area (Å²) in [6.07, 6.45) is 2.00. The summed E-state index contributed by atoms with van der Waals surface area (Å²) >= 11 is 2.24. The van der Waals surface area contributed by atoms with Crippen LogP contribution in [0.4, 0.5) is 0 Å². The Kier molecular flexibility index (Phi) is 13.3. The number of ether oxygens (including phenoxy) is 1. The van der Waals surface area contributed by atoms with Crippen LogP contribution in [0, 0.1) is 9.49 Å². The van der Waals surface area contributed by atoms with Crippen LogP contribution in [-0.4, -0.2) is 68.0 Å². The summed E-state index contributed by atoms with van der Waals surface area (Å²) in [4.78, 5) is 44.2. The van der Waals surface area contributed by atoms with Crippen molar-refractivity contribution in [2.75, 3.05) is 26.2 Å². The first-order valence-electron chi connectivity index (χ1n) is 14.3. The Balaban J connectivity index is 1.87. The molecule has 0 fully saturated rings. The molecule has 1 heterocycles. The van der Waals surface area contributed by atoms with Gasteiger partial charge in [0.15, 0.2) is 5.96 Å². The van der Waals surface area contributed by atoms with Gasteiger partial charge in [0.25, 0.3) is 0 Å². The number of aryl methyl sites for hydroxylation is 1. The summed E-state index contributed by atoms with van der Waals surface area (Å²) in [6, 6.07) is 13.4. The molecule has 3 amide bonds. The fourth-order valence-corrected chi connectivity index (χ4v) is 5.27. The number of amides is 3. The predicted octanol–water partition coefficient (Wildman–Crippen LogP) is 1.22. The smallest absolute Gasteiger partial charge is 0.243 e. The number of hydrogen-bond acceptors (Lipinski definition) is 6. The molecule has 42 heavy (non-hydrogen) atoms. The van der Waals surface area contributed by atoms with E-state index in [0.29, 0.717) is 39.0 Å². The number of fused-ring (bicyclic) bond motifs is 1. The Bertz CT molecular complexity index is 1240. The predicted molar refractivity (Wildman–Crippen MR) is 172 cm³/mol. The summed E-state index contributed by atoms with van der Waals surface area (Å²) in [5, 5.41) is 12.0. The van der Waals surface area contributed by atoms with Gasteiger partial charge in [0, 0.05) is 23.2 Å². The van der Waals surface area contributed by atoms with E-state index in [-0.39, 0.29) is 36.7 Å². The van der Waals surface area contributed by atoms with Crippen LogP contribution in [0.15, 0.2) is 53.5 Å². The van der Waals surface area contributed by atoms with Crippen molar-refractivity contribution in [2.45, 2.75) is 57.7 Å². The largest absolute Gasteiger partial charge is 0.492 e. The van der Waals surface area contributed by atoms with Gasteiger partial charge in [-0.2, -0.15) is 0 Å². The topological polar surface area (TPSA) is 173 Å². The molecule has 3 rings (SSSR count). The fraction of sp³-hybridized carbons (Fsp3) is 0.467. The van der Waals surface area contributed by atoms with Gasteiger partial charge in [-0.3, -0.25) is 19.4 Å². The lowest BCUT2D eigenvalue weighted by molar-refractivity contribution is -0.133. The Morgan fingerprint density at radius 2 is 1.79 bits per heavy atom. The maximum Gasteiger partial charge on any atom is 0.243 e. The van der Waals surface area contributed by atoms with E-state index in [9.17, 15) is 14.4 Å². The molecular formula is C30H42IN7O4. The molecular weight excluding hydrogens is 649 g/mol. The lowest BCUT2D eigenvalue weighted by atomic mass is 10.00. The summed E-state index contributed by atoms with van der Waals surface area (Å²) in [5.41, 5.74) is 12.9. The second-order valence-electron chi connectivity index (χ2n) is 10.6. The van der Waals surface area contributed by atoms with E-state index in [1.807, 2.05) is 62.4 Å². The first-order chi connectivity index (χ1) is 20.1. The summed E-state index contributed by atoms with van der Waals surface area (Å²) in [6.45, 7) is 5.05. The summed E-state index contributed by atoms with van der Waals surface area (Å²) in [7, 11) is 0. The van der Waals surface area contributed by atoms with E-state index in [0.717, 1.165) is 20.4 Å². The second kappa shape index (κ2) is 16.9. The van der Waals surface area contributed by atoms with Crippen molar-refractivity contribution >= 4 is 46.3 Å². The van der Waals surface area contributed by atoms with Gasteiger partial charge in [-0.05, 0) is 83.5 Å². The van der Waals surface area contributed by atoms with Gasteiger partial charge in [-0.15, -0.1) is 0 Å². The molecule has 0 radical (unpaired) electrons. The molecule has 1 aliphatic heterocycles. The molecule has 2 aromatic rings. The summed E-state index contributed by atoms with van der Waals surface area (Å²) < 4.78 is 7.15. The van der Waals surface area contributed by atoms with Gasteiger partial charge >= 0.3 is 0 Å². The maximum atomic E-state index is 13.6. The van der Waals surface area contributed by atoms with Crippen molar-refractivity contribution in [1.82, 2.24) is 21.3 Å². The fourth-order valence-electron chi connectivity index (χ4n) is 4.66. The average molecular weight is 692 g/mol. The number of hydrogen-bond donors (Lipinski definition) is 6. The third-order valence-electron chi connectivity index (χ3n) is 6.88. The number of rotatable bonds is 6. The Labute approximate surface area is 261 Å². The van der Waals surface area contributed by atoms with Crippen molar-refractivity contribution in [2.24, 2.45) is 22.4 Å². The second-order valence-corrected chi connectivity index (χ2v) is 11.8. The molecule has 11 nitrogen and oxygen atoms in total. The third kappa shape index (κ3) is 10.8. The molecule has 0 aliphatic carbocycles. The molecule has 12 heteroatoms. The number of benzene rings is 2. The molecule has 0 saturated carbocycles. The Hall–Kier alpha value is -3.39. The van der Waals surface area contributed by atoms with Gasteiger partial charge < -0.3 is 37.5 Å². The van der Waals surface area contributed by atoms with Crippen molar-refractivity contribution in [3.05, 3.63) is 63.2 Å². The number of nitrogens with two attached hydrogens (primary N) is 2. The van der Waals surface area contributed by atoms with Gasteiger partial charge in [0.05, 0.1) is 6.04 Å². The van der Waals surface area contributed by atoms with E-state index >= 15 is 0 Å². The minimum atomic E-state index is -0.881. The Morgan fingerprint density at radius 1 is 1.00 bits per heavy atom. The first kappa shape index (κ1) is 33.1. The molecule has 3 atom stereocenters. The molecule has 1 aliphatic rings. The average Bonchev–Trinajstić information content (AvgIpc) is 2.94. The lowest BCUT2D eigenvalue weighted by Gasteiger charge is -2.27. The van der Waals surface area contributed by atoms with E-state index in [1.165, 1.54) is 0 Å². The zero-order valence-corrected chi connectivity index (χ0v) is 26.4. The van der Waals surface area contributed by atoms with E-state index in [2.05, 4.69) is 48.9 Å². The molecule has 0 aromatic heterocycles. The number of nitrogens with zero attached hydrogens (tertiary/aromatic N) is 1. The van der Waals surface area contributed by atoms with Crippen molar-refractivity contribution in [3.63, 3.8) is 0 Å². The van der Waals surface area contributed by atoms with Gasteiger partial charge in [-0.25, -0.2) is 0 Å². The standard InChI is InChI=1S/C30H42IN7O4/c1-19(2)26-29(41)37-23(12-14-36-30(32)33)27(39)35-13-6-9-21-8-3-4-11-25(21)42-16-15-34-24(28(40)38-26)18-20-7-5-10-22(31)17-20/h3-5,7-8,10-11,17,19,23-24,26,34H,6,9,12-16,18H2,1-2H3,(H,35,39)(H,37,41)(H,38,40)(H4,32,33,36)/t23-,24+,26+/m0/s1. The van der Waals surface area contributed by atoms with Crippen molar-refractivity contribution in [1.29, 1.82) is 0 Å². The van der Waals surface area contributed by atoms with Crippen LogP contribution in [0.25, 0.3) is 0 Å². The maximum absolute atomic E-state index is 13.6. The molecule has 8 N–H and O–H groups in total. The van der Waals surface area contributed by atoms with Crippen molar-refractivity contribution < 1.29 is 19.1 Å². The monoisotopic (exact) mass is 691 g/mol. The van der Waals surface area contributed by atoms with E-state index in [1.54, 1.807) is 0 Å². The highest BCUT2D eigenvalue weighted by Crippen LogP contribution is 2.19. The Morgan fingerprint density at radius 3 is 2.52 bits per heavy atom. The first-order valence-corrected chi connectivity index (χ1v) is 15.3. The SMILES string of the molecule is CC(C)[C@H]1NC(=O)[C@@H](Cc2cccc(I)c2)NCCOc2ccccc2CCCNC(=O)[C@H](CCN=C(N)N)NC1=O. The number of carbonyl (C=O) groups is 3. The van der Waals surface area contributed by atoms with E-state index < -0.39 is 24.0 Å². The van der Waals surface area contributed by atoms with Crippen LogP contribution in [0.5, 0.6) is 5.75 Å². The molecule has 0 spiro atoms. The normalized spacial score (nSPS) is 21.0. The number of para-hydroxylation sites is 1. The van der Waals surface area contributed by atoms with Crippen LogP contribution in [0.3, 0.4) is 0 Å². The molecule has 0 unspecified atom stereocenters. The molecule has 0 bridgehead atoms. The number of carbonyl (C=O) groups excluding carboxylic acids is 3. The number of aliphatic imine (C=N–C) groups is 1. The van der Waals surface area contributed by atoms with Gasteiger partial charge in [0.1, 0.15) is 24.4 Å². The highest BCUT2D eigenvalue weighted by molar-refractivity contribution is 14.1. The van der Waals surface area contributed by atoms with Crippen LogP contribution in [-0.2, 0) is 27.2 Å². The minimum absolute atomic E-state index is 0.0956. The highest BCUT2D eigenvalue weighted by Gasteiger charge is 2.31. The van der Waals surface area contributed by atoms with Crippen LogP contribution < -0.4 is 37.5 Å². The zero-order chi connectivity index (χ0) is 30.5. The van der Waals surface area contributed by atoms with E-state index in [4.69, 9.17) is 16.2 Å². The molecule has 0 saturated heterocycles. The van der Waals surface area contributed by atoms with Gasteiger partial charge in [0.2, 0.25) is 17.7 Å². The minimum Gasteiger partial charge on any atom is -0.492 e. The number of halogens is 1. The lowest BCUT2D eigenvalue weighted by Crippen LogP contribution is -2.58. The van der Waals surface area contributed by atoms with Gasteiger partial charge in [-0.1, -0.05) is 44.2 Å². The van der Waals surface area contributed by atoms with Crippen LogP contribution in [0.2, 0.25) is 0 Å².